The lowest BCUT2D eigenvalue weighted by Crippen LogP contribution is -2.24. The second kappa shape index (κ2) is 11.4. The van der Waals surface area contributed by atoms with Crippen LogP contribution in [-0.4, -0.2) is 40.1 Å². The van der Waals surface area contributed by atoms with E-state index >= 15 is 0 Å². The molecule has 6 N–H and O–H groups in total. The van der Waals surface area contributed by atoms with Crippen LogP contribution in [0.3, 0.4) is 0 Å². The Morgan fingerprint density at radius 2 is 1.71 bits per heavy atom. The Kier molecular flexibility index (Phi) is 8.08. The first-order valence-electron chi connectivity index (χ1n) is 11.2. The largest absolute Gasteiger partial charge is 0.508 e. The molecule has 34 heavy (non-hydrogen) atoms. The van der Waals surface area contributed by atoms with Gasteiger partial charge >= 0.3 is 0 Å². The van der Waals surface area contributed by atoms with Gasteiger partial charge in [0.15, 0.2) is 6.29 Å². The summed E-state index contributed by atoms with van der Waals surface area (Å²) in [5, 5.41) is 39.5. The Bertz CT molecular complexity index is 1140. The highest BCUT2D eigenvalue weighted by molar-refractivity contribution is 8.01. The first-order chi connectivity index (χ1) is 16.5. The van der Waals surface area contributed by atoms with Crippen molar-refractivity contribution in [2.45, 2.75) is 35.9 Å². The summed E-state index contributed by atoms with van der Waals surface area (Å²) in [5.41, 5.74) is 4.63. The minimum absolute atomic E-state index is 0.0760. The summed E-state index contributed by atoms with van der Waals surface area (Å²) >= 11 is 1.30. The summed E-state index contributed by atoms with van der Waals surface area (Å²) in [6.07, 6.45) is 0.862. The minimum Gasteiger partial charge on any atom is -0.508 e. The van der Waals surface area contributed by atoms with E-state index in [0.29, 0.717) is 30.9 Å². The van der Waals surface area contributed by atoms with Crippen LogP contribution >= 0.6 is 11.8 Å². The predicted octanol–water partition coefficient (Wildman–Crippen LogP) is 3.30. The number of benzene rings is 3. The van der Waals surface area contributed by atoms with Crippen LogP contribution in [0.5, 0.6) is 11.5 Å². The number of hydrogen-bond donors (Lipinski definition) is 6. The molecule has 0 aromatic heterocycles. The standard InChI is InChI=1S/C26H29N3O4S/c30-16-24-29-25-22(32)8-7-21(26(25)34-24)23(33)15-27-10-9-17-3-1-4-18(11-17)13-28-14-19-5-2-6-20(31)12-19/h1-8,11-12,16,23-24,27-29,31-33H,9-10,13-15H2. The summed E-state index contributed by atoms with van der Waals surface area (Å²) in [5.74, 6) is 0.348. The number of hydrogen-bond acceptors (Lipinski definition) is 8. The molecule has 1 aliphatic heterocycles. The van der Waals surface area contributed by atoms with Crippen LogP contribution in [0, 0.1) is 0 Å². The number of aliphatic hydroxyl groups excluding tert-OH is 1. The lowest BCUT2D eigenvalue weighted by atomic mass is 10.1. The van der Waals surface area contributed by atoms with Crippen LogP contribution in [0.1, 0.15) is 28.4 Å². The summed E-state index contributed by atoms with van der Waals surface area (Å²) < 4.78 is 0. The minimum atomic E-state index is -0.748. The fourth-order valence-electron chi connectivity index (χ4n) is 3.97. The second-order valence-electron chi connectivity index (χ2n) is 8.26. The maximum Gasteiger partial charge on any atom is 0.152 e. The topological polar surface area (TPSA) is 114 Å². The molecule has 2 unspecified atom stereocenters. The Balaban J connectivity index is 1.24. The Labute approximate surface area is 203 Å². The third kappa shape index (κ3) is 6.09. The molecule has 0 fully saturated rings. The summed E-state index contributed by atoms with van der Waals surface area (Å²) in [6.45, 7) is 2.49. The lowest BCUT2D eigenvalue weighted by Gasteiger charge is -2.16. The average Bonchev–Trinajstić information content (AvgIpc) is 3.28. The number of anilines is 1. The fourth-order valence-corrected chi connectivity index (χ4v) is 5.08. The van der Waals surface area contributed by atoms with Crippen LogP contribution in [-0.2, 0) is 24.3 Å². The Morgan fingerprint density at radius 3 is 2.47 bits per heavy atom. The summed E-state index contributed by atoms with van der Waals surface area (Å²) in [7, 11) is 0. The van der Waals surface area contributed by atoms with Gasteiger partial charge in [-0.1, -0.05) is 54.2 Å². The number of aromatic hydroxyl groups is 2. The molecule has 1 aliphatic rings. The molecule has 0 spiro atoms. The van der Waals surface area contributed by atoms with Gasteiger partial charge in [-0.05, 0) is 53.4 Å². The highest BCUT2D eigenvalue weighted by Gasteiger charge is 2.28. The maximum absolute atomic E-state index is 11.1. The zero-order valence-electron chi connectivity index (χ0n) is 18.7. The molecule has 3 aromatic rings. The number of phenolic OH excluding ortho intramolecular Hbond substituents is 2. The van der Waals surface area contributed by atoms with E-state index in [1.807, 2.05) is 18.2 Å². The van der Waals surface area contributed by atoms with E-state index in [0.717, 1.165) is 29.7 Å². The lowest BCUT2D eigenvalue weighted by molar-refractivity contribution is -0.107. The van der Waals surface area contributed by atoms with Crippen LogP contribution in [0.4, 0.5) is 5.69 Å². The van der Waals surface area contributed by atoms with Gasteiger partial charge in [0.05, 0.1) is 11.8 Å². The van der Waals surface area contributed by atoms with Gasteiger partial charge in [-0.3, -0.25) is 0 Å². The highest BCUT2D eigenvalue weighted by Crippen LogP contribution is 2.46. The van der Waals surface area contributed by atoms with Crippen molar-refractivity contribution in [3.63, 3.8) is 0 Å². The van der Waals surface area contributed by atoms with E-state index < -0.39 is 11.5 Å². The van der Waals surface area contributed by atoms with Crippen molar-refractivity contribution in [3.8, 4) is 11.5 Å². The molecule has 4 rings (SSSR count). The molecule has 3 aromatic carbocycles. The van der Waals surface area contributed by atoms with E-state index in [9.17, 15) is 20.1 Å². The number of carbonyl (C=O) groups excluding carboxylic acids is 1. The van der Waals surface area contributed by atoms with Crippen molar-refractivity contribution in [1.29, 1.82) is 0 Å². The van der Waals surface area contributed by atoms with Gasteiger partial charge < -0.3 is 36.1 Å². The van der Waals surface area contributed by atoms with Gasteiger partial charge in [-0.15, -0.1) is 0 Å². The van der Waals surface area contributed by atoms with Gasteiger partial charge in [0.25, 0.3) is 0 Å². The number of aliphatic hydroxyl groups is 1. The molecule has 0 amide bonds. The van der Waals surface area contributed by atoms with E-state index in [4.69, 9.17) is 0 Å². The van der Waals surface area contributed by atoms with E-state index in [1.54, 1.807) is 18.2 Å². The third-order valence-electron chi connectivity index (χ3n) is 5.67. The number of rotatable bonds is 11. The smallest absolute Gasteiger partial charge is 0.152 e. The number of nitrogens with one attached hydrogen (secondary N) is 3. The highest BCUT2D eigenvalue weighted by atomic mass is 32.2. The number of thioether (sulfide) groups is 1. The number of aldehydes is 1. The zero-order chi connectivity index (χ0) is 23.9. The van der Waals surface area contributed by atoms with Crippen LogP contribution in [0.25, 0.3) is 0 Å². The zero-order valence-corrected chi connectivity index (χ0v) is 19.5. The predicted molar refractivity (Wildman–Crippen MR) is 134 cm³/mol. The number of carbonyl (C=O) groups is 1. The molecule has 0 bridgehead atoms. The molecular formula is C26H29N3O4S. The van der Waals surface area contributed by atoms with Gasteiger partial charge in [-0.25, -0.2) is 0 Å². The molecule has 7 nitrogen and oxygen atoms in total. The van der Waals surface area contributed by atoms with Crippen LogP contribution in [0.2, 0.25) is 0 Å². The second-order valence-corrected chi connectivity index (χ2v) is 9.41. The first kappa shape index (κ1) is 24.1. The van der Waals surface area contributed by atoms with Crippen molar-refractivity contribution < 1.29 is 20.1 Å². The normalized spacial score (nSPS) is 15.5. The van der Waals surface area contributed by atoms with Crippen molar-refractivity contribution in [3.05, 3.63) is 82.9 Å². The van der Waals surface area contributed by atoms with Gasteiger partial charge in [0.1, 0.15) is 16.9 Å². The molecule has 2 atom stereocenters. The van der Waals surface area contributed by atoms with Crippen LogP contribution < -0.4 is 16.0 Å². The summed E-state index contributed by atoms with van der Waals surface area (Å²) in [6, 6.07) is 18.9. The quantitative estimate of drug-likeness (QED) is 0.141. The van der Waals surface area contributed by atoms with E-state index in [1.165, 1.54) is 29.0 Å². The molecule has 0 radical (unpaired) electrons. The molecule has 0 aliphatic carbocycles. The molecular weight excluding hydrogens is 450 g/mol. The molecule has 178 valence electrons. The van der Waals surface area contributed by atoms with Gasteiger partial charge in [0, 0.05) is 24.5 Å². The van der Waals surface area contributed by atoms with Crippen molar-refractivity contribution in [2.24, 2.45) is 0 Å². The van der Waals surface area contributed by atoms with Gasteiger partial charge in [-0.2, -0.15) is 0 Å². The SMILES string of the molecule is O=CC1Nc2c(O)ccc(C(O)CNCCc3cccc(CNCc4cccc(O)c4)c3)c2S1. The Morgan fingerprint density at radius 1 is 0.971 bits per heavy atom. The summed E-state index contributed by atoms with van der Waals surface area (Å²) in [4.78, 5) is 11.8. The van der Waals surface area contributed by atoms with Crippen molar-refractivity contribution >= 4 is 23.7 Å². The van der Waals surface area contributed by atoms with Crippen molar-refractivity contribution in [1.82, 2.24) is 10.6 Å². The molecule has 0 saturated heterocycles. The van der Waals surface area contributed by atoms with Gasteiger partial charge in [0.2, 0.25) is 0 Å². The third-order valence-corrected chi connectivity index (χ3v) is 6.83. The monoisotopic (exact) mass is 479 g/mol. The van der Waals surface area contributed by atoms with E-state index in [2.05, 4.69) is 34.1 Å². The number of fused-ring (bicyclic) bond motifs is 1. The molecule has 1 heterocycles. The molecule has 0 saturated carbocycles. The first-order valence-corrected chi connectivity index (χ1v) is 12.1. The average molecular weight is 480 g/mol. The van der Waals surface area contributed by atoms with E-state index in [-0.39, 0.29) is 11.5 Å². The van der Waals surface area contributed by atoms with Crippen LogP contribution in [0.15, 0.2) is 65.6 Å². The maximum atomic E-state index is 11.1. The van der Waals surface area contributed by atoms with Crippen molar-refractivity contribution in [2.75, 3.05) is 18.4 Å². The fraction of sp³-hybridized carbons (Fsp3) is 0.269. The molecule has 8 heteroatoms. The Hall–Kier alpha value is -3.04. The number of phenols is 2.